The molecule has 2 aromatic rings. The third-order valence-electron chi connectivity index (χ3n) is 4.51. The summed E-state index contributed by atoms with van der Waals surface area (Å²) in [7, 11) is 0. The van der Waals surface area contributed by atoms with E-state index in [0.29, 0.717) is 5.69 Å². The normalized spacial score (nSPS) is 14.4. The lowest BCUT2D eigenvalue weighted by Gasteiger charge is -2.21. The van der Waals surface area contributed by atoms with E-state index in [1.54, 1.807) is 12.1 Å². The molecule has 0 bridgehead atoms. The second-order valence-corrected chi connectivity index (χ2v) is 6.63. The lowest BCUT2D eigenvalue weighted by molar-refractivity contribution is -0.117. The Morgan fingerprint density at radius 1 is 1.00 bits per heavy atom. The molecular formula is C21H15ClN2O3. The lowest BCUT2D eigenvalue weighted by atomic mass is 9.83. The molecular weight excluding hydrogens is 364 g/mol. The van der Waals surface area contributed by atoms with Crippen molar-refractivity contribution in [3.8, 4) is 6.07 Å². The van der Waals surface area contributed by atoms with Gasteiger partial charge in [0.2, 0.25) is 11.7 Å². The van der Waals surface area contributed by atoms with Crippen LogP contribution in [0.3, 0.4) is 0 Å². The number of fused-ring (bicyclic) bond motifs is 1. The summed E-state index contributed by atoms with van der Waals surface area (Å²) in [6, 6.07) is 13.5. The summed E-state index contributed by atoms with van der Waals surface area (Å²) in [5, 5.41) is 11.9. The predicted molar refractivity (Wildman–Crippen MR) is 102 cm³/mol. The Morgan fingerprint density at radius 3 is 2.11 bits per heavy atom. The number of hydrogen-bond acceptors (Lipinski definition) is 4. The van der Waals surface area contributed by atoms with Crippen LogP contribution < -0.4 is 5.32 Å². The zero-order valence-corrected chi connectivity index (χ0v) is 15.4. The maximum atomic E-state index is 12.8. The number of allylic oxidation sites excluding steroid dienone is 1. The summed E-state index contributed by atoms with van der Waals surface area (Å²) >= 11 is 6.12. The average molecular weight is 379 g/mol. The Kier molecular flexibility index (Phi) is 4.93. The molecule has 2 aromatic carbocycles. The van der Waals surface area contributed by atoms with Crippen molar-refractivity contribution >= 4 is 34.8 Å². The second kappa shape index (κ2) is 7.18. The molecule has 0 radical (unpaired) electrons. The maximum Gasteiger partial charge on any atom is 0.246 e. The van der Waals surface area contributed by atoms with Crippen LogP contribution in [0.1, 0.15) is 31.8 Å². The highest BCUT2D eigenvalue weighted by molar-refractivity contribution is 6.50. The number of nitriles is 1. The fourth-order valence-corrected chi connectivity index (χ4v) is 3.38. The average Bonchev–Trinajstić information content (AvgIpc) is 2.66. The maximum absolute atomic E-state index is 12.8. The van der Waals surface area contributed by atoms with Crippen LogP contribution in [0.5, 0.6) is 0 Å². The first kappa shape index (κ1) is 18.6. The van der Waals surface area contributed by atoms with Gasteiger partial charge in [0.1, 0.15) is 0 Å². The molecule has 1 atom stereocenters. The Labute approximate surface area is 161 Å². The number of nitrogens with one attached hydrogen (secondary N) is 1. The number of hydrogen-bond donors (Lipinski definition) is 1. The molecule has 5 nitrogen and oxygen atoms in total. The molecule has 0 heterocycles. The van der Waals surface area contributed by atoms with Gasteiger partial charge >= 0.3 is 0 Å². The zero-order chi connectivity index (χ0) is 19.7. The minimum atomic E-state index is -1.50. The molecule has 1 aliphatic rings. The van der Waals surface area contributed by atoms with Crippen LogP contribution >= 0.6 is 11.6 Å². The number of nitrogens with zero attached hydrogens (tertiary/aromatic N) is 1. The van der Waals surface area contributed by atoms with E-state index in [0.717, 1.165) is 11.1 Å². The van der Waals surface area contributed by atoms with Crippen LogP contribution in [0, 0.1) is 31.1 Å². The van der Waals surface area contributed by atoms with Gasteiger partial charge in [-0.15, -0.1) is 0 Å². The van der Waals surface area contributed by atoms with Crippen molar-refractivity contribution in [2.45, 2.75) is 13.8 Å². The number of Topliss-reactive ketones (excluding diaryl/α,β-unsaturated/α-hetero) is 2. The highest BCUT2D eigenvalue weighted by Gasteiger charge is 2.38. The van der Waals surface area contributed by atoms with E-state index in [2.05, 4.69) is 5.32 Å². The number of amides is 1. The van der Waals surface area contributed by atoms with Crippen molar-refractivity contribution in [2.24, 2.45) is 5.92 Å². The van der Waals surface area contributed by atoms with Crippen molar-refractivity contribution in [1.29, 1.82) is 5.26 Å². The summed E-state index contributed by atoms with van der Waals surface area (Å²) in [6.07, 6.45) is 0. The quantitative estimate of drug-likeness (QED) is 0.875. The molecule has 0 fully saturated rings. The molecule has 0 saturated heterocycles. The predicted octanol–water partition coefficient (Wildman–Crippen LogP) is 3.95. The molecule has 0 spiro atoms. The zero-order valence-electron chi connectivity index (χ0n) is 14.7. The fraction of sp³-hybridized carbons (Fsp3) is 0.143. The number of rotatable bonds is 3. The molecule has 27 heavy (non-hydrogen) atoms. The van der Waals surface area contributed by atoms with Gasteiger partial charge in [-0.1, -0.05) is 54.1 Å². The third kappa shape index (κ3) is 3.16. The van der Waals surface area contributed by atoms with Crippen LogP contribution in [-0.4, -0.2) is 17.5 Å². The van der Waals surface area contributed by atoms with Gasteiger partial charge < -0.3 is 5.32 Å². The molecule has 0 aliphatic heterocycles. The largest absolute Gasteiger partial charge is 0.324 e. The van der Waals surface area contributed by atoms with Gasteiger partial charge in [-0.2, -0.15) is 5.26 Å². The van der Waals surface area contributed by atoms with E-state index in [1.807, 2.05) is 38.1 Å². The number of carbonyl (C=O) groups is 3. The van der Waals surface area contributed by atoms with Gasteiger partial charge in [-0.05, 0) is 25.0 Å². The number of anilines is 1. The topological polar surface area (TPSA) is 87.0 Å². The minimum absolute atomic E-state index is 0.141. The first-order chi connectivity index (χ1) is 12.9. The Hall–Kier alpha value is -3.23. The van der Waals surface area contributed by atoms with Crippen LogP contribution in [0.25, 0.3) is 0 Å². The van der Waals surface area contributed by atoms with Gasteiger partial charge in [0.05, 0.1) is 11.1 Å². The van der Waals surface area contributed by atoms with E-state index in [1.165, 1.54) is 12.1 Å². The van der Waals surface area contributed by atoms with E-state index in [4.69, 9.17) is 11.6 Å². The summed E-state index contributed by atoms with van der Waals surface area (Å²) in [6.45, 7) is 3.64. The molecule has 3 rings (SSSR count). The van der Waals surface area contributed by atoms with Gasteiger partial charge in [0, 0.05) is 22.4 Å². The van der Waals surface area contributed by atoms with Gasteiger partial charge in [0.25, 0.3) is 0 Å². The number of benzene rings is 2. The summed E-state index contributed by atoms with van der Waals surface area (Å²) in [5.41, 5.74) is 2.22. The van der Waals surface area contributed by atoms with Crippen molar-refractivity contribution in [1.82, 2.24) is 0 Å². The van der Waals surface area contributed by atoms with E-state index >= 15 is 0 Å². The van der Waals surface area contributed by atoms with E-state index < -0.39 is 23.4 Å². The molecule has 1 aliphatic carbocycles. The lowest BCUT2D eigenvalue weighted by Crippen LogP contribution is -2.31. The van der Waals surface area contributed by atoms with Crippen molar-refractivity contribution < 1.29 is 14.4 Å². The molecule has 1 amide bonds. The van der Waals surface area contributed by atoms with Crippen LogP contribution in [-0.2, 0) is 4.79 Å². The number of para-hydroxylation sites is 1. The van der Waals surface area contributed by atoms with E-state index in [-0.39, 0.29) is 21.7 Å². The highest BCUT2D eigenvalue weighted by atomic mass is 35.5. The van der Waals surface area contributed by atoms with Crippen molar-refractivity contribution in [3.05, 3.63) is 75.3 Å². The fourth-order valence-electron chi connectivity index (χ4n) is 3.08. The standard InChI is InChI=1S/C21H15ClN2O3/c1-11-6-5-7-12(2)18(11)24-21(27)15(10-23)16-17(22)20(26)14-9-4-3-8-13(14)19(16)25/h3-9,15H,1-2H3,(H,24,27)/t15-/m0/s1. The monoisotopic (exact) mass is 378 g/mol. The van der Waals surface area contributed by atoms with Gasteiger partial charge in [0.15, 0.2) is 11.7 Å². The van der Waals surface area contributed by atoms with Gasteiger partial charge in [-0.3, -0.25) is 14.4 Å². The first-order valence-electron chi connectivity index (χ1n) is 8.21. The Bertz CT molecular complexity index is 1040. The van der Waals surface area contributed by atoms with E-state index in [9.17, 15) is 19.6 Å². The summed E-state index contributed by atoms with van der Waals surface area (Å²) in [5.74, 6) is -3.36. The third-order valence-corrected chi connectivity index (χ3v) is 4.88. The van der Waals surface area contributed by atoms with Crippen LogP contribution in [0.4, 0.5) is 5.69 Å². The Balaban J connectivity index is 2.02. The minimum Gasteiger partial charge on any atom is -0.324 e. The number of halogens is 1. The van der Waals surface area contributed by atoms with Gasteiger partial charge in [-0.25, -0.2) is 0 Å². The smallest absolute Gasteiger partial charge is 0.246 e. The van der Waals surface area contributed by atoms with Crippen LogP contribution in [0.2, 0.25) is 0 Å². The number of carbonyl (C=O) groups excluding carboxylic acids is 3. The van der Waals surface area contributed by atoms with Crippen molar-refractivity contribution in [2.75, 3.05) is 5.32 Å². The summed E-state index contributed by atoms with van der Waals surface area (Å²) in [4.78, 5) is 38.1. The number of aryl methyl sites for hydroxylation is 2. The van der Waals surface area contributed by atoms with Crippen LogP contribution in [0.15, 0.2) is 53.1 Å². The van der Waals surface area contributed by atoms with Crippen molar-refractivity contribution in [3.63, 3.8) is 0 Å². The molecule has 134 valence electrons. The SMILES string of the molecule is Cc1cccc(C)c1NC(=O)[C@@H](C#N)C1=C(Cl)C(=O)c2ccccc2C1=O. The molecule has 1 N–H and O–H groups in total. The molecule has 0 aromatic heterocycles. The highest BCUT2D eigenvalue weighted by Crippen LogP contribution is 2.33. The first-order valence-corrected chi connectivity index (χ1v) is 8.59. The molecule has 6 heteroatoms. The second-order valence-electron chi connectivity index (χ2n) is 6.25. The molecule has 0 saturated carbocycles. The molecule has 0 unspecified atom stereocenters. The number of ketones is 2. The Morgan fingerprint density at radius 2 is 1.56 bits per heavy atom. The summed E-state index contributed by atoms with van der Waals surface area (Å²) < 4.78 is 0.